The second kappa shape index (κ2) is 6.15. The molecule has 0 bridgehead atoms. The molecule has 1 heterocycles. The highest BCUT2D eigenvalue weighted by Crippen LogP contribution is 2.29. The fourth-order valence-corrected chi connectivity index (χ4v) is 3.85. The van der Waals surface area contributed by atoms with Crippen LogP contribution < -0.4 is 0 Å². The smallest absolute Gasteiger partial charge is 0.0534 e. The zero-order valence-electron chi connectivity index (χ0n) is 14.1. The summed E-state index contributed by atoms with van der Waals surface area (Å²) in [6, 6.07) is 32.3. The Hall–Kier alpha value is -2.84. The SMILES string of the molecule is Brc1ccc(-c2ccc(-n3ccc4c5ccccc5ccc43)cc2)cc1. The number of hydrogen-bond acceptors (Lipinski definition) is 0. The third kappa shape index (κ3) is 2.54. The average Bonchev–Trinajstić information content (AvgIpc) is 3.13. The number of aromatic nitrogens is 1. The first-order valence-corrected chi connectivity index (χ1v) is 9.44. The van der Waals surface area contributed by atoms with Crippen molar-refractivity contribution in [3.63, 3.8) is 0 Å². The lowest BCUT2D eigenvalue weighted by molar-refractivity contribution is 1.13. The molecule has 0 radical (unpaired) electrons. The average molecular weight is 398 g/mol. The Morgan fingerprint density at radius 1 is 0.577 bits per heavy atom. The van der Waals surface area contributed by atoms with E-state index in [4.69, 9.17) is 0 Å². The summed E-state index contributed by atoms with van der Waals surface area (Å²) >= 11 is 3.49. The van der Waals surface area contributed by atoms with E-state index < -0.39 is 0 Å². The molecule has 124 valence electrons. The molecule has 0 aliphatic rings. The highest BCUT2D eigenvalue weighted by Gasteiger charge is 2.07. The van der Waals surface area contributed by atoms with E-state index in [0.29, 0.717) is 0 Å². The monoisotopic (exact) mass is 397 g/mol. The molecule has 1 nitrogen and oxygen atoms in total. The van der Waals surface area contributed by atoms with Crippen molar-refractivity contribution in [3.8, 4) is 16.8 Å². The van der Waals surface area contributed by atoms with E-state index >= 15 is 0 Å². The first kappa shape index (κ1) is 15.4. The van der Waals surface area contributed by atoms with Crippen molar-refractivity contribution in [3.05, 3.63) is 102 Å². The molecular weight excluding hydrogens is 382 g/mol. The minimum absolute atomic E-state index is 1.10. The number of benzene rings is 4. The first-order chi connectivity index (χ1) is 12.8. The van der Waals surface area contributed by atoms with Crippen molar-refractivity contribution in [1.29, 1.82) is 0 Å². The van der Waals surface area contributed by atoms with Crippen molar-refractivity contribution in [1.82, 2.24) is 4.57 Å². The van der Waals surface area contributed by atoms with Gasteiger partial charge in [-0.15, -0.1) is 0 Å². The van der Waals surface area contributed by atoms with Crippen LogP contribution in [0.15, 0.2) is 102 Å². The number of hydrogen-bond donors (Lipinski definition) is 0. The molecule has 0 amide bonds. The number of fused-ring (bicyclic) bond motifs is 3. The molecule has 0 spiro atoms. The summed E-state index contributed by atoms with van der Waals surface area (Å²) in [6.07, 6.45) is 2.16. The van der Waals surface area contributed by atoms with E-state index in [9.17, 15) is 0 Å². The van der Waals surface area contributed by atoms with Gasteiger partial charge in [-0.05, 0) is 58.3 Å². The molecule has 2 heteroatoms. The first-order valence-electron chi connectivity index (χ1n) is 8.65. The Balaban J connectivity index is 1.59. The fraction of sp³-hybridized carbons (Fsp3) is 0. The van der Waals surface area contributed by atoms with Crippen molar-refractivity contribution in [2.75, 3.05) is 0 Å². The van der Waals surface area contributed by atoms with E-state index in [1.807, 2.05) is 0 Å². The van der Waals surface area contributed by atoms with Gasteiger partial charge in [-0.25, -0.2) is 0 Å². The quantitative estimate of drug-likeness (QED) is 0.296. The van der Waals surface area contributed by atoms with Crippen molar-refractivity contribution in [2.24, 2.45) is 0 Å². The lowest BCUT2D eigenvalue weighted by atomic mass is 10.1. The third-order valence-corrected chi connectivity index (χ3v) is 5.45. The predicted molar refractivity (Wildman–Crippen MR) is 114 cm³/mol. The van der Waals surface area contributed by atoms with Crippen LogP contribution in [0.4, 0.5) is 0 Å². The molecule has 5 aromatic rings. The maximum Gasteiger partial charge on any atom is 0.0534 e. The molecule has 0 aliphatic heterocycles. The molecule has 0 aliphatic carbocycles. The van der Waals surface area contributed by atoms with Crippen LogP contribution in [0, 0.1) is 0 Å². The van der Waals surface area contributed by atoms with Crippen LogP contribution in [0.25, 0.3) is 38.5 Å². The van der Waals surface area contributed by atoms with E-state index in [-0.39, 0.29) is 0 Å². The minimum atomic E-state index is 1.10. The number of rotatable bonds is 2. The maximum atomic E-state index is 3.49. The molecule has 5 rings (SSSR count). The summed E-state index contributed by atoms with van der Waals surface area (Å²) in [4.78, 5) is 0. The molecule has 0 unspecified atom stereocenters. The zero-order valence-corrected chi connectivity index (χ0v) is 15.6. The Kier molecular flexibility index (Phi) is 3.65. The van der Waals surface area contributed by atoms with Crippen molar-refractivity contribution >= 4 is 37.6 Å². The summed E-state index contributed by atoms with van der Waals surface area (Å²) in [5.74, 6) is 0. The molecule has 0 saturated heterocycles. The minimum Gasteiger partial charge on any atom is -0.317 e. The summed E-state index contributed by atoms with van der Waals surface area (Å²) < 4.78 is 3.36. The van der Waals surface area contributed by atoms with Gasteiger partial charge in [0.25, 0.3) is 0 Å². The molecule has 1 aromatic heterocycles. The highest BCUT2D eigenvalue weighted by atomic mass is 79.9. The van der Waals surface area contributed by atoms with Crippen LogP contribution >= 0.6 is 15.9 Å². The molecule has 0 N–H and O–H groups in total. The Morgan fingerprint density at radius 3 is 2.04 bits per heavy atom. The standard InChI is InChI=1S/C24H16BrN/c25-20-10-5-17(6-11-20)18-7-12-21(13-8-18)26-16-15-23-22-4-2-1-3-19(22)9-14-24(23)26/h1-16H. The van der Waals surface area contributed by atoms with Crippen molar-refractivity contribution in [2.45, 2.75) is 0 Å². The lowest BCUT2D eigenvalue weighted by Crippen LogP contribution is -1.91. The summed E-state index contributed by atoms with van der Waals surface area (Å²) in [7, 11) is 0. The number of halogens is 1. The van der Waals surface area contributed by atoms with E-state index in [1.165, 1.54) is 38.5 Å². The lowest BCUT2D eigenvalue weighted by Gasteiger charge is -2.08. The van der Waals surface area contributed by atoms with Crippen LogP contribution in [-0.2, 0) is 0 Å². The van der Waals surface area contributed by atoms with Gasteiger partial charge in [0, 0.05) is 21.7 Å². The van der Waals surface area contributed by atoms with Gasteiger partial charge in [0.15, 0.2) is 0 Å². The second-order valence-corrected chi connectivity index (χ2v) is 7.37. The topological polar surface area (TPSA) is 4.93 Å². The summed E-state index contributed by atoms with van der Waals surface area (Å²) in [5, 5.41) is 3.87. The maximum absolute atomic E-state index is 3.49. The normalized spacial score (nSPS) is 11.3. The van der Waals surface area contributed by atoms with Crippen LogP contribution in [-0.4, -0.2) is 4.57 Å². The van der Waals surface area contributed by atoms with Crippen LogP contribution in [0.1, 0.15) is 0 Å². The largest absolute Gasteiger partial charge is 0.317 e. The number of nitrogens with zero attached hydrogens (tertiary/aromatic N) is 1. The van der Waals surface area contributed by atoms with E-state index in [1.54, 1.807) is 0 Å². The van der Waals surface area contributed by atoms with Gasteiger partial charge >= 0.3 is 0 Å². The fourth-order valence-electron chi connectivity index (χ4n) is 3.58. The van der Waals surface area contributed by atoms with Gasteiger partial charge < -0.3 is 4.57 Å². The molecule has 0 saturated carbocycles. The second-order valence-electron chi connectivity index (χ2n) is 6.46. The van der Waals surface area contributed by atoms with Gasteiger partial charge in [-0.2, -0.15) is 0 Å². The highest BCUT2D eigenvalue weighted by molar-refractivity contribution is 9.10. The van der Waals surface area contributed by atoms with Crippen LogP contribution in [0.3, 0.4) is 0 Å². The molecule has 26 heavy (non-hydrogen) atoms. The van der Waals surface area contributed by atoms with Gasteiger partial charge in [-0.3, -0.25) is 0 Å². The Labute approximate surface area is 160 Å². The molecule has 4 aromatic carbocycles. The van der Waals surface area contributed by atoms with E-state index in [2.05, 4.69) is 118 Å². The van der Waals surface area contributed by atoms with Gasteiger partial charge in [0.05, 0.1) is 5.52 Å². The van der Waals surface area contributed by atoms with E-state index in [0.717, 1.165) is 4.47 Å². The van der Waals surface area contributed by atoms with Crippen LogP contribution in [0.2, 0.25) is 0 Å². The van der Waals surface area contributed by atoms with Crippen LogP contribution in [0.5, 0.6) is 0 Å². The van der Waals surface area contributed by atoms with Gasteiger partial charge in [0.1, 0.15) is 0 Å². The van der Waals surface area contributed by atoms with Gasteiger partial charge in [-0.1, -0.05) is 70.5 Å². The van der Waals surface area contributed by atoms with Crippen molar-refractivity contribution < 1.29 is 0 Å². The summed E-state index contributed by atoms with van der Waals surface area (Å²) in [5.41, 5.74) is 4.86. The molecule has 0 atom stereocenters. The molecular formula is C24H16BrN. The Morgan fingerprint density at radius 2 is 1.27 bits per heavy atom. The van der Waals surface area contributed by atoms with Gasteiger partial charge in [0.2, 0.25) is 0 Å². The predicted octanol–water partition coefficient (Wildman–Crippen LogP) is 7.21. The molecule has 0 fully saturated rings. The third-order valence-electron chi connectivity index (χ3n) is 4.92. The Bertz CT molecular complexity index is 1220. The zero-order chi connectivity index (χ0) is 17.5. The summed E-state index contributed by atoms with van der Waals surface area (Å²) in [6.45, 7) is 0.